The second-order valence-corrected chi connectivity index (χ2v) is 2.48. The van der Waals surface area contributed by atoms with Crippen LogP contribution in [-0.2, 0) is 11.2 Å². The lowest BCUT2D eigenvalue weighted by Crippen LogP contribution is -2.20. The highest BCUT2D eigenvalue weighted by molar-refractivity contribution is 5.86. The summed E-state index contributed by atoms with van der Waals surface area (Å²) in [5, 5.41) is 9.58. The number of aromatic nitrogens is 3. The molecule has 0 atom stereocenters. The van der Waals surface area contributed by atoms with Crippen LogP contribution >= 0.6 is 0 Å². The number of hydrogen-bond acceptors (Lipinski definition) is 4. The minimum absolute atomic E-state index is 0.0784. The van der Waals surface area contributed by atoms with Crippen molar-refractivity contribution in [2.75, 3.05) is 5.32 Å². The molecule has 0 aliphatic heterocycles. The highest BCUT2D eigenvalue weighted by Gasteiger charge is 2.02. The zero-order valence-electron chi connectivity index (χ0n) is 7.42. The van der Waals surface area contributed by atoms with Gasteiger partial charge in [0.2, 0.25) is 11.9 Å². The number of nitrogens with zero attached hydrogens (tertiary/aromatic N) is 2. The molecule has 0 spiro atoms. The van der Waals surface area contributed by atoms with Crippen LogP contribution in [-0.4, -0.2) is 21.1 Å². The number of carbonyl (C=O) groups is 1. The van der Waals surface area contributed by atoms with Crippen molar-refractivity contribution in [2.45, 2.75) is 20.3 Å². The predicted molar refractivity (Wildman–Crippen MR) is 46.3 cm³/mol. The summed E-state index contributed by atoms with van der Waals surface area (Å²) in [7, 11) is 0. The van der Waals surface area contributed by atoms with Gasteiger partial charge in [-0.25, -0.2) is 0 Å². The van der Waals surface area contributed by atoms with Crippen LogP contribution in [0.4, 0.5) is 5.95 Å². The van der Waals surface area contributed by atoms with Gasteiger partial charge >= 0.3 is 0 Å². The summed E-state index contributed by atoms with van der Waals surface area (Å²) in [5.41, 5.74) is 0.0374. The van der Waals surface area contributed by atoms with Gasteiger partial charge in [-0.05, 0) is 6.42 Å². The Morgan fingerprint density at radius 3 is 2.69 bits per heavy atom. The lowest BCUT2D eigenvalue weighted by Gasteiger charge is -1.99. The molecular weight excluding hydrogens is 172 g/mol. The number of nitrogens with one attached hydrogen (secondary N) is 2. The second kappa shape index (κ2) is 3.79. The fourth-order valence-electron chi connectivity index (χ4n) is 0.815. The summed E-state index contributed by atoms with van der Waals surface area (Å²) >= 11 is 0. The Labute approximate surface area is 74.4 Å². The number of H-pyrrole nitrogens is 1. The average Bonchev–Trinajstić information content (AvgIpc) is 2.03. The molecule has 0 radical (unpaired) electrons. The molecule has 1 amide bonds. The van der Waals surface area contributed by atoms with Gasteiger partial charge in [0.15, 0.2) is 0 Å². The number of rotatable bonds is 2. The summed E-state index contributed by atoms with van der Waals surface area (Å²) < 4.78 is 0. The van der Waals surface area contributed by atoms with Crippen LogP contribution in [0, 0.1) is 0 Å². The van der Waals surface area contributed by atoms with Crippen molar-refractivity contribution in [1.29, 1.82) is 0 Å². The van der Waals surface area contributed by atoms with Crippen LogP contribution in [0.15, 0.2) is 4.79 Å². The molecule has 1 heterocycles. The van der Waals surface area contributed by atoms with E-state index in [4.69, 9.17) is 0 Å². The molecule has 1 aromatic rings. The van der Waals surface area contributed by atoms with E-state index in [0.29, 0.717) is 12.1 Å². The Morgan fingerprint density at radius 2 is 2.23 bits per heavy atom. The van der Waals surface area contributed by atoms with Crippen molar-refractivity contribution in [3.63, 3.8) is 0 Å². The smallest absolute Gasteiger partial charge is 0.274 e. The lowest BCUT2D eigenvalue weighted by atomic mass is 10.4. The van der Waals surface area contributed by atoms with Crippen LogP contribution in [0.25, 0.3) is 0 Å². The van der Waals surface area contributed by atoms with Crippen molar-refractivity contribution in [3.8, 4) is 0 Å². The quantitative estimate of drug-likeness (QED) is 0.656. The van der Waals surface area contributed by atoms with Crippen LogP contribution in [0.2, 0.25) is 0 Å². The first kappa shape index (κ1) is 9.37. The summed E-state index contributed by atoms with van der Waals surface area (Å²) in [6.45, 7) is 3.13. The monoisotopic (exact) mass is 182 g/mol. The maximum atomic E-state index is 11.1. The predicted octanol–water partition coefficient (Wildman–Crippen LogP) is -0.314. The molecule has 6 heteroatoms. The first-order valence-corrected chi connectivity index (χ1v) is 3.87. The van der Waals surface area contributed by atoms with Gasteiger partial charge in [0.1, 0.15) is 5.69 Å². The Kier molecular flexibility index (Phi) is 2.73. The number of aromatic amines is 1. The minimum Gasteiger partial charge on any atom is -0.295 e. The fraction of sp³-hybridized carbons (Fsp3) is 0.429. The minimum atomic E-state index is -0.318. The summed E-state index contributed by atoms with van der Waals surface area (Å²) in [5.74, 6) is -0.219. The zero-order valence-corrected chi connectivity index (χ0v) is 7.42. The van der Waals surface area contributed by atoms with Crippen LogP contribution in [0.1, 0.15) is 19.5 Å². The van der Waals surface area contributed by atoms with Crippen molar-refractivity contribution >= 4 is 11.9 Å². The second-order valence-electron chi connectivity index (χ2n) is 2.48. The maximum absolute atomic E-state index is 11.1. The van der Waals surface area contributed by atoms with Gasteiger partial charge < -0.3 is 0 Å². The molecule has 0 saturated carbocycles. The van der Waals surface area contributed by atoms with Crippen molar-refractivity contribution in [2.24, 2.45) is 0 Å². The molecular formula is C7H10N4O2. The van der Waals surface area contributed by atoms with Gasteiger partial charge in [0.25, 0.3) is 5.56 Å². The average molecular weight is 182 g/mol. The first-order chi connectivity index (χ1) is 6.13. The third kappa shape index (κ3) is 2.36. The van der Waals surface area contributed by atoms with Gasteiger partial charge in [-0.3, -0.25) is 19.9 Å². The Morgan fingerprint density at radius 1 is 1.54 bits per heavy atom. The van der Waals surface area contributed by atoms with E-state index in [9.17, 15) is 9.59 Å². The topological polar surface area (TPSA) is 87.7 Å². The van der Waals surface area contributed by atoms with Crippen LogP contribution < -0.4 is 10.9 Å². The normalized spacial score (nSPS) is 9.69. The molecule has 1 rings (SSSR count). The highest BCUT2D eigenvalue weighted by atomic mass is 16.2. The molecule has 2 N–H and O–H groups in total. The third-order valence-corrected chi connectivity index (χ3v) is 1.39. The number of carbonyl (C=O) groups excluding carboxylic acids is 1. The van der Waals surface area contributed by atoms with E-state index in [1.165, 1.54) is 6.92 Å². The number of hydrogen-bond donors (Lipinski definition) is 2. The number of amides is 1. The highest BCUT2D eigenvalue weighted by Crippen LogP contribution is 1.91. The molecule has 0 aliphatic rings. The molecule has 0 aromatic carbocycles. The first-order valence-electron chi connectivity index (χ1n) is 3.87. The molecule has 0 bridgehead atoms. The van der Waals surface area contributed by atoms with Crippen LogP contribution in [0.5, 0.6) is 0 Å². The van der Waals surface area contributed by atoms with Gasteiger partial charge in [-0.2, -0.15) is 0 Å². The van der Waals surface area contributed by atoms with E-state index in [-0.39, 0.29) is 17.4 Å². The largest absolute Gasteiger partial charge is 0.295 e. The molecule has 13 heavy (non-hydrogen) atoms. The van der Waals surface area contributed by atoms with E-state index in [0.717, 1.165) is 0 Å². The SMILES string of the molecule is CCc1nnc(NC(C)=O)[nH]c1=O. The van der Waals surface area contributed by atoms with Gasteiger partial charge in [-0.15, -0.1) is 10.2 Å². The lowest BCUT2D eigenvalue weighted by molar-refractivity contribution is -0.114. The number of aryl methyl sites for hydroxylation is 1. The molecule has 0 saturated heterocycles. The summed E-state index contributed by atoms with van der Waals surface area (Å²) in [6.07, 6.45) is 0.517. The molecule has 0 unspecified atom stereocenters. The maximum Gasteiger partial charge on any atom is 0.274 e. The Balaban J connectivity index is 2.96. The van der Waals surface area contributed by atoms with Crippen molar-refractivity contribution < 1.29 is 4.79 Å². The van der Waals surface area contributed by atoms with Gasteiger partial charge in [0.05, 0.1) is 0 Å². The molecule has 1 aromatic heterocycles. The van der Waals surface area contributed by atoms with E-state index in [1.807, 2.05) is 0 Å². The standard InChI is InChI=1S/C7H10N4O2/c1-3-5-6(13)9-7(11-10-5)8-4(2)12/h3H2,1-2H3,(H2,8,9,11,12,13). The summed E-state index contributed by atoms with van der Waals surface area (Å²) in [4.78, 5) is 24.1. The Hall–Kier alpha value is -1.72. The van der Waals surface area contributed by atoms with Gasteiger partial charge in [-0.1, -0.05) is 6.92 Å². The molecule has 6 nitrogen and oxygen atoms in total. The van der Waals surface area contributed by atoms with E-state index >= 15 is 0 Å². The van der Waals surface area contributed by atoms with Crippen LogP contribution in [0.3, 0.4) is 0 Å². The van der Waals surface area contributed by atoms with Crippen molar-refractivity contribution in [1.82, 2.24) is 15.2 Å². The van der Waals surface area contributed by atoms with Gasteiger partial charge in [0, 0.05) is 6.92 Å². The molecule has 0 fully saturated rings. The van der Waals surface area contributed by atoms with E-state index in [1.54, 1.807) is 6.92 Å². The molecule has 70 valence electrons. The van der Waals surface area contributed by atoms with E-state index in [2.05, 4.69) is 20.5 Å². The third-order valence-electron chi connectivity index (χ3n) is 1.39. The van der Waals surface area contributed by atoms with Crippen molar-refractivity contribution in [3.05, 3.63) is 16.0 Å². The zero-order chi connectivity index (χ0) is 9.84. The fourth-order valence-corrected chi connectivity index (χ4v) is 0.815. The Bertz CT molecular complexity index is 371. The molecule has 0 aliphatic carbocycles. The van der Waals surface area contributed by atoms with E-state index < -0.39 is 0 Å². The number of anilines is 1. The summed E-state index contributed by atoms with van der Waals surface area (Å²) in [6, 6.07) is 0.